The first-order valence-electron chi connectivity index (χ1n) is 6.41. The molecule has 0 amide bonds. The van der Waals surface area contributed by atoms with Gasteiger partial charge in [-0.15, -0.1) is 0 Å². The predicted molar refractivity (Wildman–Crippen MR) is 77.4 cm³/mol. The molecule has 0 atom stereocenters. The van der Waals surface area contributed by atoms with E-state index in [-0.39, 0.29) is 0 Å². The van der Waals surface area contributed by atoms with E-state index in [2.05, 4.69) is 30.0 Å². The van der Waals surface area contributed by atoms with Crippen LogP contribution in [0.25, 0.3) is 0 Å². The maximum absolute atomic E-state index is 5.62. The summed E-state index contributed by atoms with van der Waals surface area (Å²) >= 11 is 0. The maximum Gasteiger partial charge on any atom is 0.124 e. The number of aromatic nitrogens is 2. The second-order valence-electron chi connectivity index (χ2n) is 4.15. The van der Waals surface area contributed by atoms with Crippen molar-refractivity contribution in [2.45, 2.75) is 20.0 Å². The second-order valence-corrected chi connectivity index (χ2v) is 4.15. The molecule has 0 saturated carbocycles. The minimum Gasteiger partial charge on any atom is -0.489 e. The van der Waals surface area contributed by atoms with Crippen LogP contribution in [0, 0.1) is 0 Å². The maximum atomic E-state index is 5.62. The van der Waals surface area contributed by atoms with Gasteiger partial charge in [0.25, 0.3) is 0 Å². The Balaban J connectivity index is 2.00. The topological polar surface area (TPSA) is 39.1 Å². The zero-order chi connectivity index (χ0) is 13.5. The van der Waals surface area contributed by atoms with Crippen molar-refractivity contribution in [3.05, 3.63) is 54.9 Å². The molecule has 0 spiro atoms. The van der Waals surface area contributed by atoms with Gasteiger partial charge in [-0.25, -0.2) is 0 Å². The molecule has 1 heterocycles. The van der Waals surface area contributed by atoms with Crippen LogP contribution >= 0.6 is 0 Å². The van der Waals surface area contributed by atoms with Gasteiger partial charge in [-0.1, -0.05) is 30.9 Å². The lowest BCUT2D eigenvalue weighted by molar-refractivity contribution is 0.359. The number of nitrogens with zero attached hydrogens (tertiary/aromatic N) is 2. The molecule has 4 heteroatoms. The lowest BCUT2D eigenvalue weighted by atomic mass is 10.2. The highest BCUT2D eigenvalue weighted by Gasteiger charge is 2.03. The number of aryl methyl sites for hydroxylation is 1. The van der Waals surface area contributed by atoms with E-state index in [1.807, 2.05) is 35.3 Å². The molecule has 1 aromatic carbocycles. The molecule has 0 fully saturated rings. The summed E-state index contributed by atoms with van der Waals surface area (Å²) in [5.74, 6) is 0.887. The molecule has 0 unspecified atom stereocenters. The van der Waals surface area contributed by atoms with Gasteiger partial charge < -0.3 is 10.1 Å². The minimum atomic E-state index is 0.519. The zero-order valence-corrected chi connectivity index (χ0v) is 11.2. The van der Waals surface area contributed by atoms with Crippen LogP contribution in [-0.2, 0) is 13.1 Å². The van der Waals surface area contributed by atoms with Gasteiger partial charge in [0.1, 0.15) is 12.4 Å². The Morgan fingerprint density at radius 1 is 1.42 bits per heavy atom. The highest BCUT2D eigenvalue weighted by Crippen LogP contribution is 2.19. The largest absolute Gasteiger partial charge is 0.489 e. The SMILES string of the molecule is C=CCOc1ccccc1CNc1cnn(CC)c1. The van der Waals surface area contributed by atoms with E-state index >= 15 is 0 Å². The van der Waals surface area contributed by atoms with Gasteiger partial charge in [-0.3, -0.25) is 4.68 Å². The van der Waals surface area contributed by atoms with Gasteiger partial charge in [0.2, 0.25) is 0 Å². The highest BCUT2D eigenvalue weighted by atomic mass is 16.5. The van der Waals surface area contributed by atoms with Crippen LogP contribution < -0.4 is 10.1 Å². The van der Waals surface area contributed by atoms with E-state index in [0.29, 0.717) is 13.2 Å². The summed E-state index contributed by atoms with van der Waals surface area (Å²) in [4.78, 5) is 0. The Morgan fingerprint density at radius 3 is 3.00 bits per heavy atom. The molecule has 0 radical (unpaired) electrons. The van der Waals surface area contributed by atoms with E-state index in [4.69, 9.17) is 4.74 Å². The van der Waals surface area contributed by atoms with Crippen molar-refractivity contribution in [2.24, 2.45) is 0 Å². The molecule has 2 aromatic rings. The van der Waals surface area contributed by atoms with Gasteiger partial charge in [0.15, 0.2) is 0 Å². The average Bonchev–Trinajstić information content (AvgIpc) is 2.91. The fourth-order valence-electron chi connectivity index (χ4n) is 1.76. The molecule has 0 aliphatic carbocycles. The highest BCUT2D eigenvalue weighted by molar-refractivity contribution is 5.42. The quantitative estimate of drug-likeness (QED) is 0.775. The molecule has 0 bridgehead atoms. The molecule has 0 aliphatic rings. The Hall–Kier alpha value is -2.23. The summed E-state index contributed by atoms with van der Waals surface area (Å²) in [6.45, 7) is 7.83. The summed E-state index contributed by atoms with van der Waals surface area (Å²) in [5.41, 5.74) is 2.13. The molecule has 0 aliphatic heterocycles. The molecule has 4 nitrogen and oxygen atoms in total. The van der Waals surface area contributed by atoms with E-state index < -0.39 is 0 Å². The number of anilines is 1. The van der Waals surface area contributed by atoms with Crippen LogP contribution in [0.5, 0.6) is 5.75 Å². The number of benzene rings is 1. The fraction of sp³-hybridized carbons (Fsp3) is 0.267. The van der Waals surface area contributed by atoms with Crippen LogP contribution in [0.2, 0.25) is 0 Å². The third-order valence-electron chi connectivity index (χ3n) is 2.77. The minimum absolute atomic E-state index is 0.519. The molecule has 1 N–H and O–H groups in total. The fourth-order valence-corrected chi connectivity index (χ4v) is 1.76. The van der Waals surface area contributed by atoms with Crippen molar-refractivity contribution >= 4 is 5.69 Å². The molecule has 1 aromatic heterocycles. The second kappa shape index (κ2) is 6.64. The van der Waals surface area contributed by atoms with Crippen molar-refractivity contribution < 1.29 is 4.74 Å². The van der Waals surface area contributed by atoms with Crippen LogP contribution in [-0.4, -0.2) is 16.4 Å². The first-order chi connectivity index (χ1) is 9.33. The zero-order valence-electron chi connectivity index (χ0n) is 11.2. The van der Waals surface area contributed by atoms with Gasteiger partial charge in [0, 0.05) is 24.8 Å². The molecule has 19 heavy (non-hydrogen) atoms. The number of para-hydroxylation sites is 1. The van der Waals surface area contributed by atoms with Crippen molar-refractivity contribution in [1.82, 2.24) is 9.78 Å². The third kappa shape index (κ3) is 3.61. The van der Waals surface area contributed by atoms with Gasteiger partial charge >= 0.3 is 0 Å². The Labute approximate surface area is 113 Å². The van der Waals surface area contributed by atoms with Crippen molar-refractivity contribution in [1.29, 1.82) is 0 Å². The predicted octanol–water partition coefficient (Wildman–Crippen LogP) is 3.08. The number of hydrogen-bond acceptors (Lipinski definition) is 3. The van der Waals surface area contributed by atoms with Crippen molar-refractivity contribution in [2.75, 3.05) is 11.9 Å². The average molecular weight is 257 g/mol. The number of rotatable bonds is 7. The Morgan fingerprint density at radius 2 is 2.26 bits per heavy atom. The van der Waals surface area contributed by atoms with E-state index in [9.17, 15) is 0 Å². The van der Waals surface area contributed by atoms with E-state index in [1.54, 1.807) is 6.08 Å². The summed E-state index contributed by atoms with van der Waals surface area (Å²) in [5, 5.41) is 7.57. The summed E-state index contributed by atoms with van der Waals surface area (Å²) in [7, 11) is 0. The van der Waals surface area contributed by atoms with Crippen LogP contribution in [0.15, 0.2) is 49.3 Å². The molecular formula is C15H19N3O. The number of hydrogen-bond donors (Lipinski definition) is 1. The first kappa shape index (κ1) is 13.2. The first-order valence-corrected chi connectivity index (χ1v) is 6.41. The monoisotopic (exact) mass is 257 g/mol. The number of nitrogens with one attached hydrogen (secondary N) is 1. The smallest absolute Gasteiger partial charge is 0.124 e. The van der Waals surface area contributed by atoms with Crippen molar-refractivity contribution in [3.8, 4) is 5.75 Å². The van der Waals surface area contributed by atoms with Gasteiger partial charge in [-0.2, -0.15) is 5.10 Å². The lowest BCUT2D eigenvalue weighted by Gasteiger charge is -2.10. The lowest BCUT2D eigenvalue weighted by Crippen LogP contribution is -2.03. The summed E-state index contributed by atoms with van der Waals surface area (Å²) in [6, 6.07) is 8.00. The Bertz CT molecular complexity index is 534. The summed E-state index contributed by atoms with van der Waals surface area (Å²) < 4.78 is 7.51. The number of ether oxygens (including phenoxy) is 1. The molecule has 2 rings (SSSR count). The normalized spacial score (nSPS) is 10.2. The van der Waals surface area contributed by atoms with Crippen LogP contribution in [0.1, 0.15) is 12.5 Å². The van der Waals surface area contributed by atoms with Crippen LogP contribution in [0.4, 0.5) is 5.69 Å². The summed E-state index contributed by atoms with van der Waals surface area (Å²) in [6.07, 6.45) is 5.57. The van der Waals surface area contributed by atoms with Gasteiger partial charge in [-0.05, 0) is 13.0 Å². The van der Waals surface area contributed by atoms with E-state index in [1.165, 1.54) is 0 Å². The van der Waals surface area contributed by atoms with Crippen molar-refractivity contribution in [3.63, 3.8) is 0 Å². The third-order valence-corrected chi connectivity index (χ3v) is 2.77. The van der Waals surface area contributed by atoms with E-state index in [0.717, 1.165) is 23.5 Å². The van der Waals surface area contributed by atoms with Gasteiger partial charge in [0.05, 0.1) is 11.9 Å². The molecule has 0 saturated heterocycles. The molecular weight excluding hydrogens is 238 g/mol. The standard InChI is InChI=1S/C15H19N3O/c1-3-9-19-15-8-6-5-7-13(15)10-16-14-11-17-18(4-2)12-14/h3,5-8,11-12,16H,1,4,9-10H2,2H3. The van der Waals surface area contributed by atoms with Crippen LogP contribution in [0.3, 0.4) is 0 Å². The Kier molecular flexibility index (Phi) is 4.61. The molecule has 100 valence electrons.